The molecule has 4 nitrogen and oxygen atoms in total. The Morgan fingerprint density at radius 2 is 1.65 bits per heavy atom. The van der Waals surface area contributed by atoms with Crippen molar-refractivity contribution in [2.45, 2.75) is 96.3 Å². The van der Waals surface area contributed by atoms with Crippen LogP contribution in [0.5, 0.6) is 0 Å². The van der Waals surface area contributed by atoms with Crippen LogP contribution in [0.4, 0.5) is 18.0 Å². The highest BCUT2D eigenvalue weighted by molar-refractivity contribution is 5.75. The lowest BCUT2D eigenvalue weighted by Gasteiger charge is -2.33. The van der Waals surface area contributed by atoms with Crippen LogP contribution < -0.4 is 5.32 Å². The predicted molar refractivity (Wildman–Crippen MR) is 125 cm³/mol. The standard InChI is InChI=1S/C27H38F3N3O/c28-27(29,30)13-21-5-3-19(4-6-21)1-2-20-7-10-26(11-8-20)14-24(26)16-32-25(34)33-17-22-9-12-31-15-23(22)18-33/h9,12,15,19-21,24H,1-8,10-11,13-14,16-18H2,(H,32,34). The van der Waals surface area contributed by atoms with Crippen molar-refractivity contribution < 1.29 is 18.0 Å². The number of alkyl halides is 3. The molecule has 0 aromatic carbocycles. The number of nitrogens with zero attached hydrogens (tertiary/aromatic N) is 2. The van der Waals surface area contributed by atoms with Gasteiger partial charge in [-0.1, -0.05) is 25.7 Å². The van der Waals surface area contributed by atoms with Gasteiger partial charge in [-0.3, -0.25) is 4.98 Å². The monoisotopic (exact) mass is 477 g/mol. The van der Waals surface area contributed by atoms with E-state index >= 15 is 0 Å². The summed E-state index contributed by atoms with van der Waals surface area (Å²) in [4.78, 5) is 18.7. The van der Waals surface area contributed by atoms with Crippen LogP contribution >= 0.6 is 0 Å². The summed E-state index contributed by atoms with van der Waals surface area (Å²) in [6.07, 6.45) is 11.3. The van der Waals surface area contributed by atoms with Crippen LogP contribution in [-0.2, 0) is 13.1 Å². The zero-order chi connectivity index (χ0) is 23.8. The molecule has 5 rings (SSSR count). The Hall–Kier alpha value is -1.79. The minimum atomic E-state index is -4.00. The van der Waals surface area contributed by atoms with Crippen molar-refractivity contribution in [3.63, 3.8) is 0 Å². The minimum Gasteiger partial charge on any atom is -0.338 e. The van der Waals surface area contributed by atoms with Crippen LogP contribution in [0.3, 0.4) is 0 Å². The number of nitrogens with one attached hydrogen (secondary N) is 1. The van der Waals surface area contributed by atoms with Crippen LogP contribution in [0.15, 0.2) is 18.5 Å². The molecule has 0 radical (unpaired) electrons. The molecule has 1 atom stereocenters. The molecule has 1 unspecified atom stereocenters. The fraction of sp³-hybridized carbons (Fsp3) is 0.778. The van der Waals surface area contributed by atoms with Crippen molar-refractivity contribution in [2.75, 3.05) is 6.54 Å². The number of rotatable bonds is 6. The van der Waals surface area contributed by atoms with E-state index in [9.17, 15) is 18.0 Å². The quantitative estimate of drug-likeness (QED) is 0.487. The predicted octanol–water partition coefficient (Wildman–Crippen LogP) is 6.84. The highest BCUT2D eigenvalue weighted by Gasteiger charge is 2.54. The van der Waals surface area contributed by atoms with Crippen LogP contribution in [0.2, 0.25) is 0 Å². The molecule has 3 aliphatic carbocycles. The van der Waals surface area contributed by atoms with E-state index in [1.54, 1.807) is 6.20 Å². The number of hydrogen-bond acceptors (Lipinski definition) is 2. The lowest BCUT2D eigenvalue weighted by Crippen LogP contribution is -2.38. The van der Waals surface area contributed by atoms with E-state index in [1.807, 2.05) is 17.2 Å². The summed E-state index contributed by atoms with van der Waals surface area (Å²) < 4.78 is 37.8. The molecule has 0 saturated heterocycles. The Morgan fingerprint density at radius 1 is 1.00 bits per heavy atom. The largest absolute Gasteiger partial charge is 0.389 e. The average Bonchev–Trinajstić information content (AvgIpc) is 3.29. The molecule has 4 aliphatic rings. The fourth-order valence-corrected chi connectivity index (χ4v) is 7.08. The lowest BCUT2D eigenvalue weighted by atomic mass is 9.73. The van der Waals surface area contributed by atoms with Crippen LogP contribution in [0.1, 0.15) is 88.2 Å². The number of halogens is 3. The third-order valence-corrected chi connectivity index (χ3v) is 9.44. The minimum absolute atomic E-state index is 0.0388. The molecule has 1 spiro atoms. The number of urea groups is 1. The van der Waals surface area contributed by atoms with Crippen molar-refractivity contribution in [1.29, 1.82) is 0 Å². The Labute approximate surface area is 201 Å². The lowest BCUT2D eigenvalue weighted by molar-refractivity contribution is -0.147. The number of hydrogen-bond donors (Lipinski definition) is 1. The van der Waals surface area contributed by atoms with Gasteiger partial charge >= 0.3 is 12.2 Å². The highest BCUT2D eigenvalue weighted by atomic mass is 19.4. The fourth-order valence-electron chi connectivity index (χ4n) is 7.08. The Bertz CT molecular complexity index is 832. The molecular formula is C27H38F3N3O. The molecule has 188 valence electrons. The van der Waals surface area contributed by atoms with Crippen molar-refractivity contribution in [3.05, 3.63) is 29.6 Å². The Kier molecular flexibility index (Phi) is 6.82. The number of aromatic nitrogens is 1. The Morgan fingerprint density at radius 3 is 2.32 bits per heavy atom. The van der Waals surface area contributed by atoms with Gasteiger partial charge in [0.25, 0.3) is 0 Å². The molecule has 7 heteroatoms. The maximum Gasteiger partial charge on any atom is 0.389 e. The van der Waals surface area contributed by atoms with Crippen LogP contribution in [0.25, 0.3) is 0 Å². The molecule has 1 aromatic heterocycles. The van der Waals surface area contributed by atoms with Gasteiger partial charge < -0.3 is 10.2 Å². The summed E-state index contributed by atoms with van der Waals surface area (Å²) in [6.45, 7) is 2.11. The second-order valence-electron chi connectivity index (χ2n) is 11.7. The van der Waals surface area contributed by atoms with Crippen molar-refractivity contribution in [1.82, 2.24) is 15.2 Å². The van der Waals surface area contributed by atoms with Gasteiger partial charge in [-0.05, 0) is 91.2 Å². The normalized spacial score (nSPS) is 33.1. The molecule has 3 saturated carbocycles. The van der Waals surface area contributed by atoms with Gasteiger partial charge in [0.15, 0.2) is 0 Å². The molecule has 2 heterocycles. The number of carbonyl (C=O) groups excluding carboxylic acids is 1. The van der Waals surface area contributed by atoms with Gasteiger partial charge in [0.1, 0.15) is 0 Å². The molecule has 1 aromatic rings. The van der Waals surface area contributed by atoms with Crippen LogP contribution in [-0.4, -0.2) is 28.6 Å². The first-order valence-corrected chi connectivity index (χ1v) is 13.3. The first-order chi connectivity index (χ1) is 16.3. The molecule has 1 N–H and O–H groups in total. The van der Waals surface area contributed by atoms with E-state index in [4.69, 9.17) is 0 Å². The average molecular weight is 478 g/mol. The SMILES string of the molecule is O=C(NCC1CC12CCC(CCC1CCC(CC(F)(F)F)CC1)CC2)N1Cc2ccncc2C1. The summed E-state index contributed by atoms with van der Waals surface area (Å²) in [7, 11) is 0. The summed E-state index contributed by atoms with van der Waals surface area (Å²) >= 11 is 0. The van der Waals surface area contributed by atoms with Gasteiger partial charge in [-0.25, -0.2) is 4.79 Å². The topological polar surface area (TPSA) is 45.2 Å². The summed E-state index contributed by atoms with van der Waals surface area (Å²) in [5.41, 5.74) is 2.80. The third-order valence-electron chi connectivity index (χ3n) is 9.44. The number of carbonyl (C=O) groups is 1. The van der Waals surface area contributed by atoms with Gasteiger partial charge in [0.2, 0.25) is 0 Å². The van der Waals surface area contributed by atoms with E-state index in [0.717, 1.165) is 43.7 Å². The molecule has 1 aliphatic heterocycles. The molecule has 3 fully saturated rings. The number of pyridine rings is 1. The summed E-state index contributed by atoms with van der Waals surface area (Å²) in [6, 6.07) is 2.03. The second kappa shape index (κ2) is 9.69. The van der Waals surface area contributed by atoms with Crippen molar-refractivity contribution >= 4 is 6.03 Å². The maximum absolute atomic E-state index is 12.6. The molecular weight excluding hydrogens is 439 g/mol. The van der Waals surface area contributed by atoms with E-state index in [1.165, 1.54) is 50.5 Å². The smallest absolute Gasteiger partial charge is 0.338 e. The van der Waals surface area contributed by atoms with Crippen molar-refractivity contribution in [3.8, 4) is 0 Å². The summed E-state index contributed by atoms with van der Waals surface area (Å²) in [5, 5.41) is 3.19. The molecule has 34 heavy (non-hydrogen) atoms. The maximum atomic E-state index is 12.6. The Balaban J connectivity index is 0.964. The zero-order valence-electron chi connectivity index (χ0n) is 20.1. The van der Waals surface area contributed by atoms with E-state index in [-0.39, 0.29) is 11.9 Å². The van der Waals surface area contributed by atoms with Crippen molar-refractivity contribution in [2.24, 2.45) is 29.1 Å². The number of amides is 2. The van der Waals surface area contributed by atoms with Gasteiger partial charge in [-0.2, -0.15) is 13.2 Å². The zero-order valence-corrected chi connectivity index (χ0v) is 20.1. The van der Waals surface area contributed by atoms with Gasteiger partial charge in [0, 0.05) is 38.4 Å². The van der Waals surface area contributed by atoms with Crippen LogP contribution in [0, 0.1) is 29.1 Å². The number of fused-ring (bicyclic) bond motifs is 1. The van der Waals surface area contributed by atoms with Gasteiger partial charge in [0.05, 0.1) is 0 Å². The highest BCUT2D eigenvalue weighted by Crippen LogP contribution is 2.62. The first kappa shape index (κ1) is 23.9. The van der Waals surface area contributed by atoms with E-state index < -0.39 is 12.6 Å². The van der Waals surface area contributed by atoms with Gasteiger partial charge in [-0.15, -0.1) is 0 Å². The van der Waals surface area contributed by atoms with E-state index in [0.29, 0.717) is 30.3 Å². The summed E-state index contributed by atoms with van der Waals surface area (Å²) in [5.74, 6) is 1.90. The molecule has 0 bridgehead atoms. The van der Waals surface area contributed by atoms with E-state index in [2.05, 4.69) is 10.3 Å². The molecule has 2 amide bonds. The third kappa shape index (κ3) is 5.71. The first-order valence-electron chi connectivity index (χ1n) is 13.3. The second-order valence-corrected chi connectivity index (χ2v) is 11.7.